The molecule has 1 aromatic carbocycles. The normalized spacial score (nSPS) is 25.8. The molecule has 20 heavy (non-hydrogen) atoms. The average molecular weight is 274 g/mol. The third-order valence-electron chi connectivity index (χ3n) is 4.19. The number of carbonyl (C=O) groups excluding carboxylic acids is 1. The van der Waals surface area contributed by atoms with E-state index in [0.29, 0.717) is 18.6 Å². The van der Waals surface area contributed by atoms with E-state index in [2.05, 4.69) is 29.7 Å². The summed E-state index contributed by atoms with van der Waals surface area (Å²) in [6.07, 6.45) is 5.02. The second-order valence-corrected chi connectivity index (χ2v) is 5.69. The lowest BCUT2D eigenvalue weighted by Crippen LogP contribution is -2.33. The number of ether oxygens (including phenoxy) is 1. The molecule has 2 aliphatic rings. The molecule has 0 spiro atoms. The first-order valence-corrected chi connectivity index (χ1v) is 7.55. The second-order valence-electron chi connectivity index (χ2n) is 5.69. The number of carbonyl (C=O) groups is 1. The van der Waals surface area contributed by atoms with Crippen molar-refractivity contribution >= 4 is 17.3 Å². The molecule has 0 aliphatic carbocycles. The van der Waals surface area contributed by atoms with Gasteiger partial charge in [0.15, 0.2) is 0 Å². The maximum atomic E-state index is 11.4. The molecule has 2 N–H and O–H groups in total. The predicted molar refractivity (Wildman–Crippen MR) is 80.1 cm³/mol. The van der Waals surface area contributed by atoms with E-state index in [9.17, 15) is 4.79 Å². The largest absolute Gasteiger partial charge is 0.382 e. The number of hydrogen-bond donors (Lipinski definition) is 2. The standard InChI is InChI=1S/C16H22N2O2/c1-2-14-10-13(7-8-20-14)17-12-4-5-15-11(9-12)3-6-16(19)18-15/h4-5,9,13-14,17H,2-3,6-8,10H2,1H3,(H,18,19). The minimum absolute atomic E-state index is 0.119. The van der Waals surface area contributed by atoms with E-state index in [1.54, 1.807) is 0 Å². The first-order chi connectivity index (χ1) is 9.74. The minimum atomic E-state index is 0.119. The molecule has 4 nitrogen and oxygen atoms in total. The van der Waals surface area contributed by atoms with Crippen molar-refractivity contribution in [1.29, 1.82) is 0 Å². The Morgan fingerprint density at radius 1 is 1.40 bits per heavy atom. The molecule has 2 aliphatic heterocycles. The van der Waals surface area contributed by atoms with Gasteiger partial charge in [0.1, 0.15) is 0 Å². The van der Waals surface area contributed by atoms with Gasteiger partial charge in [-0.1, -0.05) is 6.92 Å². The Hall–Kier alpha value is -1.55. The van der Waals surface area contributed by atoms with Crippen LogP contribution >= 0.6 is 0 Å². The fourth-order valence-electron chi connectivity index (χ4n) is 3.00. The molecule has 3 rings (SSSR count). The summed E-state index contributed by atoms with van der Waals surface area (Å²) < 4.78 is 5.71. The third kappa shape index (κ3) is 2.96. The molecule has 2 atom stereocenters. The fraction of sp³-hybridized carbons (Fsp3) is 0.562. The van der Waals surface area contributed by atoms with Crippen molar-refractivity contribution in [2.24, 2.45) is 0 Å². The van der Waals surface area contributed by atoms with Gasteiger partial charge in [0.05, 0.1) is 6.10 Å². The molecule has 0 aromatic heterocycles. The van der Waals surface area contributed by atoms with Crippen LogP contribution in [0.1, 0.15) is 38.2 Å². The molecule has 4 heteroatoms. The van der Waals surface area contributed by atoms with Crippen molar-refractivity contribution in [3.8, 4) is 0 Å². The first-order valence-electron chi connectivity index (χ1n) is 7.55. The highest BCUT2D eigenvalue weighted by Gasteiger charge is 2.21. The minimum Gasteiger partial charge on any atom is -0.382 e. The number of hydrogen-bond acceptors (Lipinski definition) is 3. The quantitative estimate of drug-likeness (QED) is 0.891. The molecule has 0 radical (unpaired) electrons. The summed E-state index contributed by atoms with van der Waals surface area (Å²) in [4.78, 5) is 11.4. The summed E-state index contributed by atoms with van der Waals surface area (Å²) in [6, 6.07) is 6.72. The van der Waals surface area contributed by atoms with Gasteiger partial charge < -0.3 is 15.4 Å². The lowest BCUT2D eigenvalue weighted by molar-refractivity contribution is -0.116. The Kier molecular flexibility index (Phi) is 3.92. The van der Waals surface area contributed by atoms with Crippen LogP contribution in [0.15, 0.2) is 18.2 Å². The number of rotatable bonds is 3. The van der Waals surface area contributed by atoms with Gasteiger partial charge in [0.2, 0.25) is 5.91 Å². The summed E-state index contributed by atoms with van der Waals surface area (Å²) in [5, 5.41) is 6.53. The fourth-order valence-corrected chi connectivity index (χ4v) is 3.00. The summed E-state index contributed by atoms with van der Waals surface area (Å²) in [6.45, 7) is 3.02. The zero-order chi connectivity index (χ0) is 13.9. The van der Waals surface area contributed by atoms with Crippen molar-refractivity contribution in [1.82, 2.24) is 0 Å². The Labute approximate surface area is 119 Å². The van der Waals surface area contributed by atoms with Crippen molar-refractivity contribution in [2.75, 3.05) is 17.2 Å². The van der Waals surface area contributed by atoms with E-state index in [1.807, 2.05) is 6.07 Å². The van der Waals surface area contributed by atoms with E-state index in [4.69, 9.17) is 4.74 Å². The number of aryl methyl sites for hydroxylation is 1. The Bertz CT molecular complexity index is 501. The van der Waals surface area contributed by atoms with Crippen LogP contribution < -0.4 is 10.6 Å². The SMILES string of the molecule is CCC1CC(Nc2ccc3c(c2)CCC(=O)N3)CCO1. The van der Waals surface area contributed by atoms with E-state index < -0.39 is 0 Å². The number of benzene rings is 1. The summed E-state index contributed by atoms with van der Waals surface area (Å²) >= 11 is 0. The van der Waals surface area contributed by atoms with Crippen molar-refractivity contribution < 1.29 is 9.53 Å². The molecule has 0 saturated carbocycles. The van der Waals surface area contributed by atoms with E-state index in [0.717, 1.165) is 43.7 Å². The molecule has 108 valence electrons. The highest BCUT2D eigenvalue weighted by Crippen LogP contribution is 2.27. The molecular formula is C16H22N2O2. The van der Waals surface area contributed by atoms with Crippen LogP contribution in [0.2, 0.25) is 0 Å². The zero-order valence-electron chi connectivity index (χ0n) is 11.9. The Morgan fingerprint density at radius 3 is 3.15 bits per heavy atom. The van der Waals surface area contributed by atoms with Gasteiger partial charge >= 0.3 is 0 Å². The summed E-state index contributed by atoms with van der Waals surface area (Å²) in [7, 11) is 0. The maximum Gasteiger partial charge on any atom is 0.224 e. The lowest BCUT2D eigenvalue weighted by Gasteiger charge is -2.30. The highest BCUT2D eigenvalue weighted by molar-refractivity contribution is 5.94. The van der Waals surface area contributed by atoms with Gasteiger partial charge in [-0.3, -0.25) is 4.79 Å². The van der Waals surface area contributed by atoms with Crippen molar-refractivity contribution in [3.05, 3.63) is 23.8 Å². The van der Waals surface area contributed by atoms with Gasteiger partial charge in [0, 0.05) is 30.4 Å². The number of anilines is 2. The number of fused-ring (bicyclic) bond motifs is 1. The summed E-state index contributed by atoms with van der Waals surface area (Å²) in [5.74, 6) is 0.119. The van der Waals surface area contributed by atoms with Crippen molar-refractivity contribution in [3.63, 3.8) is 0 Å². The molecule has 2 heterocycles. The van der Waals surface area contributed by atoms with Crippen molar-refractivity contribution in [2.45, 2.75) is 51.2 Å². The molecular weight excluding hydrogens is 252 g/mol. The van der Waals surface area contributed by atoms with Gasteiger partial charge in [-0.15, -0.1) is 0 Å². The molecule has 1 amide bonds. The number of nitrogens with one attached hydrogen (secondary N) is 2. The van der Waals surface area contributed by atoms with Crippen LogP contribution in [0.5, 0.6) is 0 Å². The molecule has 1 saturated heterocycles. The topological polar surface area (TPSA) is 50.4 Å². The predicted octanol–water partition coefficient (Wildman–Crippen LogP) is 2.94. The van der Waals surface area contributed by atoms with E-state index in [-0.39, 0.29) is 5.91 Å². The second kappa shape index (κ2) is 5.83. The van der Waals surface area contributed by atoms with Gasteiger partial charge in [-0.05, 0) is 49.4 Å². The third-order valence-corrected chi connectivity index (χ3v) is 4.19. The smallest absolute Gasteiger partial charge is 0.224 e. The van der Waals surface area contributed by atoms with Crippen LogP contribution in [-0.4, -0.2) is 24.7 Å². The molecule has 2 unspecified atom stereocenters. The van der Waals surface area contributed by atoms with Crippen LogP contribution in [0, 0.1) is 0 Å². The highest BCUT2D eigenvalue weighted by atomic mass is 16.5. The Balaban J connectivity index is 1.67. The van der Waals surface area contributed by atoms with Gasteiger partial charge in [-0.2, -0.15) is 0 Å². The summed E-state index contributed by atoms with van der Waals surface area (Å²) in [5.41, 5.74) is 3.35. The molecule has 1 fully saturated rings. The molecule has 0 bridgehead atoms. The Morgan fingerprint density at radius 2 is 2.30 bits per heavy atom. The van der Waals surface area contributed by atoms with Gasteiger partial charge in [-0.25, -0.2) is 0 Å². The lowest BCUT2D eigenvalue weighted by atomic mass is 9.99. The first kappa shape index (κ1) is 13.4. The average Bonchev–Trinajstić information content (AvgIpc) is 2.47. The monoisotopic (exact) mass is 274 g/mol. The zero-order valence-corrected chi connectivity index (χ0v) is 11.9. The van der Waals surface area contributed by atoms with Crippen LogP contribution in [0.25, 0.3) is 0 Å². The maximum absolute atomic E-state index is 11.4. The van der Waals surface area contributed by atoms with Crippen LogP contribution in [0.4, 0.5) is 11.4 Å². The molecule has 1 aromatic rings. The van der Waals surface area contributed by atoms with E-state index >= 15 is 0 Å². The number of amides is 1. The van der Waals surface area contributed by atoms with Crippen LogP contribution in [0.3, 0.4) is 0 Å². The van der Waals surface area contributed by atoms with Gasteiger partial charge in [0.25, 0.3) is 0 Å². The van der Waals surface area contributed by atoms with E-state index in [1.165, 1.54) is 5.56 Å². The van der Waals surface area contributed by atoms with Crippen LogP contribution in [-0.2, 0) is 16.0 Å².